The smallest absolute Gasteiger partial charge is 0.326 e. The third-order valence-corrected chi connectivity index (χ3v) is 3.59. The highest BCUT2D eigenvalue weighted by Crippen LogP contribution is 2.31. The average molecular weight is 317 g/mol. The van der Waals surface area contributed by atoms with Gasteiger partial charge in [0.05, 0.1) is 17.0 Å². The molecule has 23 heavy (non-hydrogen) atoms. The summed E-state index contributed by atoms with van der Waals surface area (Å²) in [5.74, 6) is 0. The number of aromatic nitrogens is 2. The zero-order valence-electron chi connectivity index (χ0n) is 12.1. The Labute approximate surface area is 131 Å². The first-order chi connectivity index (χ1) is 11.0. The Kier molecular flexibility index (Phi) is 3.92. The maximum Gasteiger partial charge on any atom is 0.416 e. The molecule has 6 heteroatoms. The van der Waals surface area contributed by atoms with Gasteiger partial charge >= 0.3 is 6.18 Å². The number of aromatic amines is 1. The Hall–Kier alpha value is -2.60. The van der Waals surface area contributed by atoms with Crippen LogP contribution in [0.3, 0.4) is 0 Å². The van der Waals surface area contributed by atoms with Gasteiger partial charge in [-0.1, -0.05) is 36.4 Å². The van der Waals surface area contributed by atoms with E-state index in [-0.39, 0.29) is 0 Å². The van der Waals surface area contributed by atoms with E-state index in [9.17, 15) is 13.2 Å². The number of H-pyrrole nitrogens is 1. The van der Waals surface area contributed by atoms with E-state index in [1.165, 1.54) is 12.1 Å². The second kappa shape index (κ2) is 5.89. The number of hydrogen-bond donors (Lipinski definition) is 2. The molecule has 0 bridgehead atoms. The zero-order chi connectivity index (χ0) is 16.4. The minimum absolute atomic E-state index is 0.472. The van der Waals surface area contributed by atoms with Crippen LogP contribution in [-0.2, 0) is 12.7 Å². The highest BCUT2D eigenvalue weighted by atomic mass is 19.4. The molecule has 3 rings (SSSR count). The maximum absolute atomic E-state index is 12.6. The van der Waals surface area contributed by atoms with Crippen molar-refractivity contribution in [3.05, 3.63) is 65.7 Å². The maximum atomic E-state index is 12.6. The van der Waals surface area contributed by atoms with Crippen LogP contribution in [0.25, 0.3) is 22.5 Å². The highest BCUT2D eigenvalue weighted by molar-refractivity contribution is 5.68. The third kappa shape index (κ3) is 3.27. The van der Waals surface area contributed by atoms with E-state index < -0.39 is 11.7 Å². The lowest BCUT2D eigenvalue weighted by atomic mass is 10.1. The van der Waals surface area contributed by atoms with Crippen LogP contribution in [0.4, 0.5) is 13.2 Å². The number of rotatable bonds is 3. The summed E-state index contributed by atoms with van der Waals surface area (Å²) in [5, 5.41) is 7.07. The topological polar surface area (TPSA) is 54.7 Å². The fourth-order valence-electron chi connectivity index (χ4n) is 2.27. The first-order valence-electron chi connectivity index (χ1n) is 7.00. The van der Waals surface area contributed by atoms with Crippen molar-refractivity contribution in [1.29, 1.82) is 0 Å². The lowest BCUT2D eigenvalue weighted by Gasteiger charge is -2.06. The first-order valence-corrected chi connectivity index (χ1v) is 7.00. The molecule has 1 heterocycles. The van der Waals surface area contributed by atoms with E-state index in [2.05, 4.69) is 10.2 Å². The summed E-state index contributed by atoms with van der Waals surface area (Å²) in [6.45, 7) is 0.472. The number of alkyl halides is 3. The summed E-state index contributed by atoms with van der Waals surface area (Å²) < 4.78 is 37.7. The Balaban J connectivity index is 1.86. The quantitative estimate of drug-likeness (QED) is 0.760. The Morgan fingerprint density at radius 1 is 0.913 bits per heavy atom. The normalized spacial score (nSPS) is 11.7. The molecule has 0 fully saturated rings. The molecule has 0 atom stereocenters. The number of nitrogens with two attached hydrogens (primary N) is 1. The van der Waals surface area contributed by atoms with Crippen molar-refractivity contribution < 1.29 is 13.2 Å². The van der Waals surface area contributed by atoms with Crippen molar-refractivity contribution in [2.24, 2.45) is 5.73 Å². The van der Waals surface area contributed by atoms with Crippen molar-refractivity contribution in [3.63, 3.8) is 0 Å². The molecule has 3 nitrogen and oxygen atoms in total. The Morgan fingerprint density at radius 3 is 2.09 bits per heavy atom. The van der Waals surface area contributed by atoms with Crippen molar-refractivity contribution in [2.45, 2.75) is 12.7 Å². The van der Waals surface area contributed by atoms with Crippen LogP contribution in [0.1, 0.15) is 11.1 Å². The van der Waals surface area contributed by atoms with E-state index in [0.29, 0.717) is 17.8 Å². The van der Waals surface area contributed by atoms with Crippen molar-refractivity contribution >= 4 is 0 Å². The van der Waals surface area contributed by atoms with Crippen LogP contribution in [0.15, 0.2) is 54.6 Å². The lowest BCUT2D eigenvalue weighted by Crippen LogP contribution is -2.03. The lowest BCUT2D eigenvalue weighted by molar-refractivity contribution is -0.137. The van der Waals surface area contributed by atoms with E-state index in [4.69, 9.17) is 5.73 Å². The predicted molar refractivity (Wildman–Crippen MR) is 82.4 cm³/mol. The number of hydrogen-bond acceptors (Lipinski definition) is 2. The Morgan fingerprint density at radius 2 is 1.52 bits per heavy atom. The van der Waals surface area contributed by atoms with E-state index in [1.807, 2.05) is 24.3 Å². The van der Waals surface area contributed by atoms with Gasteiger partial charge in [-0.05, 0) is 29.3 Å². The van der Waals surface area contributed by atoms with Crippen LogP contribution in [0, 0.1) is 0 Å². The minimum atomic E-state index is -4.33. The first kappa shape index (κ1) is 15.3. The minimum Gasteiger partial charge on any atom is -0.326 e. The summed E-state index contributed by atoms with van der Waals surface area (Å²) >= 11 is 0. The summed E-state index contributed by atoms with van der Waals surface area (Å²) in [6, 6.07) is 14.4. The predicted octanol–water partition coefficient (Wildman–Crippen LogP) is 4.22. The number of halogens is 3. The van der Waals surface area contributed by atoms with E-state index in [1.54, 1.807) is 6.07 Å². The van der Waals surface area contributed by atoms with Crippen molar-refractivity contribution in [2.75, 3.05) is 0 Å². The largest absolute Gasteiger partial charge is 0.416 e. The van der Waals surface area contributed by atoms with Gasteiger partial charge in [-0.3, -0.25) is 5.10 Å². The van der Waals surface area contributed by atoms with Gasteiger partial charge in [0.25, 0.3) is 0 Å². The van der Waals surface area contributed by atoms with Crippen LogP contribution in [0.2, 0.25) is 0 Å². The SMILES string of the molecule is NCc1ccc(-c2cc(-c3ccc(C(F)(F)F)cc3)n[nH]2)cc1. The fourth-order valence-corrected chi connectivity index (χ4v) is 2.27. The molecule has 0 aliphatic heterocycles. The summed E-state index contributed by atoms with van der Waals surface area (Å²) in [4.78, 5) is 0. The zero-order valence-corrected chi connectivity index (χ0v) is 12.1. The second-order valence-electron chi connectivity index (χ2n) is 5.14. The molecule has 0 radical (unpaired) electrons. The van der Waals surface area contributed by atoms with Crippen LogP contribution in [-0.4, -0.2) is 10.2 Å². The molecular weight excluding hydrogens is 303 g/mol. The van der Waals surface area contributed by atoms with Gasteiger partial charge in [-0.15, -0.1) is 0 Å². The number of nitrogens with zero attached hydrogens (tertiary/aromatic N) is 1. The monoisotopic (exact) mass is 317 g/mol. The molecular formula is C17H14F3N3. The molecule has 1 aromatic heterocycles. The summed E-state index contributed by atoms with van der Waals surface area (Å²) in [7, 11) is 0. The molecule has 0 saturated heterocycles. The van der Waals surface area contributed by atoms with E-state index in [0.717, 1.165) is 29.0 Å². The summed E-state index contributed by atoms with van der Waals surface area (Å²) in [6.07, 6.45) is -4.33. The number of nitrogens with one attached hydrogen (secondary N) is 1. The molecule has 2 aromatic carbocycles. The Bertz CT molecular complexity index is 787. The molecule has 3 N–H and O–H groups in total. The van der Waals surface area contributed by atoms with Gasteiger partial charge in [0.15, 0.2) is 0 Å². The van der Waals surface area contributed by atoms with Gasteiger partial charge < -0.3 is 5.73 Å². The van der Waals surface area contributed by atoms with Crippen molar-refractivity contribution in [3.8, 4) is 22.5 Å². The molecule has 3 aromatic rings. The molecule has 0 aliphatic rings. The van der Waals surface area contributed by atoms with Gasteiger partial charge in [0.1, 0.15) is 0 Å². The summed E-state index contributed by atoms with van der Waals surface area (Å²) in [5.41, 5.74) is 8.86. The molecule has 0 unspecified atom stereocenters. The van der Waals surface area contributed by atoms with Crippen LogP contribution >= 0.6 is 0 Å². The fraction of sp³-hybridized carbons (Fsp3) is 0.118. The van der Waals surface area contributed by atoms with Crippen molar-refractivity contribution in [1.82, 2.24) is 10.2 Å². The molecule has 0 amide bonds. The average Bonchev–Trinajstić information content (AvgIpc) is 3.04. The molecule has 118 valence electrons. The van der Waals surface area contributed by atoms with Gasteiger partial charge in [0.2, 0.25) is 0 Å². The van der Waals surface area contributed by atoms with Gasteiger partial charge in [-0.25, -0.2) is 0 Å². The second-order valence-corrected chi connectivity index (χ2v) is 5.14. The molecule has 0 saturated carbocycles. The molecule has 0 aliphatic carbocycles. The third-order valence-electron chi connectivity index (χ3n) is 3.59. The van der Waals surface area contributed by atoms with Crippen LogP contribution in [0.5, 0.6) is 0 Å². The number of benzene rings is 2. The molecule has 0 spiro atoms. The van der Waals surface area contributed by atoms with Crippen LogP contribution < -0.4 is 5.73 Å². The highest BCUT2D eigenvalue weighted by Gasteiger charge is 2.30. The standard InChI is InChI=1S/C17H14F3N3/c18-17(19,20)14-7-5-13(6-8-14)16-9-15(22-23-16)12-3-1-11(10-21)2-4-12/h1-9H,10,21H2,(H,22,23). The van der Waals surface area contributed by atoms with Gasteiger partial charge in [-0.2, -0.15) is 18.3 Å². The van der Waals surface area contributed by atoms with Gasteiger partial charge in [0, 0.05) is 12.1 Å². The van der Waals surface area contributed by atoms with E-state index >= 15 is 0 Å².